The molecule has 1 atom stereocenters. The number of rotatable bonds is 7. The molecule has 1 rings (SSSR count). The van der Waals surface area contributed by atoms with Gasteiger partial charge in [0.05, 0.1) is 12.7 Å². The second-order valence-corrected chi connectivity index (χ2v) is 4.53. The zero-order chi connectivity index (χ0) is 13.5. The van der Waals surface area contributed by atoms with Crippen LogP contribution in [0.4, 0.5) is 0 Å². The van der Waals surface area contributed by atoms with Gasteiger partial charge in [-0.1, -0.05) is 0 Å². The summed E-state index contributed by atoms with van der Waals surface area (Å²) in [6, 6.07) is 6.87. The summed E-state index contributed by atoms with van der Waals surface area (Å²) in [5, 5.41) is 0. The molecule has 4 heteroatoms. The second-order valence-electron chi connectivity index (χ2n) is 4.53. The van der Waals surface area contributed by atoms with Gasteiger partial charge < -0.3 is 15.2 Å². The van der Waals surface area contributed by atoms with Crippen LogP contribution < -0.4 is 10.5 Å². The molecule has 4 nitrogen and oxygen atoms in total. The predicted molar refractivity (Wildman–Crippen MR) is 71.0 cm³/mol. The summed E-state index contributed by atoms with van der Waals surface area (Å²) < 4.78 is 10.4. The highest BCUT2D eigenvalue weighted by Gasteiger charge is 2.11. The third-order valence-corrected chi connectivity index (χ3v) is 2.38. The minimum absolute atomic E-state index is 0.0237. The quantitative estimate of drug-likeness (QED) is 0.753. The van der Waals surface area contributed by atoms with E-state index in [4.69, 9.17) is 15.2 Å². The molecule has 100 valence electrons. The lowest BCUT2D eigenvalue weighted by Gasteiger charge is -2.11. The van der Waals surface area contributed by atoms with E-state index < -0.39 is 0 Å². The molecule has 1 aromatic carbocycles. The Bertz CT molecular complexity index is 373. The molecule has 0 heterocycles. The molecule has 0 spiro atoms. The van der Waals surface area contributed by atoms with Crippen molar-refractivity contribution in [3.05, 3.63) is 29.8 Å². The lowest BCUT2D eigenvalue weighted by atomic mass is 10.0. The SMILES string of the molecule is COCC(N)CC(=O)c1ccc(OC(C)C)cc1. The van der Waals surface area contributed by atoms with Crippen molar-refractivity contribution in [1.82, 2.24) is 0 Å². The third-order valence-electron chi connectivity index (χ3n) is 2.38. The molecule has 0 amide bonds. The first-order valence-electron chi connectivity index (χ1n) is 6.07. The Hall–Kier alpha value is -1.39. The first kappa shape index (κ1) is 14.7. The summed E-state index contributed by atoms with van der Waals surface area (Å²) in [6.45, 7) is 4.31. The van der Waals surface area contributed by atoms with E-state index in [1.165, 1.54) is 0 Å². The summed E-state index contributed by atoms with van der Waals surface area (Å²) >= 11 is 0. The van der Waals surface area contributed by atoms with Crippen LogP contribution >= 0.6 is 0 Å². The average Bonchev–Trinajstić information content (AvgIpc) is 2.29. The summed E-state index contributed by atoms with van der Waals surface area (Å²) in [4.78, 5) is 11.9. The number of hydrogen-bond donors (Lipinski definition) is 1. The van der Waals surface area contributed by atoms with Crippen LogP contribution in [-0.2, 0) is 4.74 Å². The molecule has 0 saturated heterocycles. The highest BCUT2D eigenvalue weighted by atomic mass is 16.5. The number of hydrogen-bond acceptors (Lipinski definition) is 4. The Morgan fingerprint density at radius 1 is 1.28 bits per heavy atom. The molecule has 0 radical (unpaired) electrons. The van der Waals surface area contributed by atoms with Crippen molar-refractivity contribution < 1.29 is 14.3 Å². The van der Waals surface area contributed by atoms with Crippen molar-refractivity contribution in [3.63, 3.8) is 0 Å². The minimum atomic E-state index is -0.255. The van der Waals surface area contributed by atoms with E-state index in [1.54, 1.807) is 31.4 Å². The standard InChI is InChI=1S/C14H21NO3/c1-10(2)18-13-6-4-11(5-7-13)14(16)8-12(15)9-17-3/h4-7,10,12H,8-9,15H2,1-3H3. The zero-order valence-corrected chi connectivity index (χ0v) is 11.2. The van der Waals surface area contributed by atoms with Gasteiger partial charge in [0.15, 0.2) is 5.78 Å². The Morgan fingerprint density at radius 2 is 1.89 bits per heavy atom. The monoisotopic (exact) mass is 251 g/mol. The van der Waals surface area contributed by atoms with Gasteiger partial charge >= 0.3 is 0 Å². The molecular formula is C14H21NO3. The molecule has 0 aromatic heterocycles. The van der Waals surface area contributed by atoms with Crippen molar-refractivity contribution in [2.75, 3.05) is 13.7 Å². The molecule has 0 saturated carbocycles. The summed E-state index contributed by atoms with van der Waals surface area (Å²) in [5.41, 5.74) is 6.40. The first-order chi connectivity index (χ1) is 8.52. The van der Waals surface area contributed by atoms with Crippen LogP contribution in [0, 0.1) is 0 Å². The number of ketones is 1. The van der Waals surface area contributed by atoms with E-state index in [-0.39, 0.29) is 24.3 Å². The van der Waals surface area contributed by atoms with Gasteiger partial charge in [0.1, 0.15) is 5.75 Å². The molecule has 1 unspecified atom stereocenters. The number of methoxy groups -OCH3 is 1. The number of benzene rings is 1. The number of Topliss-reactive ketones (excluding diaryl/α,β-unsaturated/α-hetero) is 1. The van der Waals surface area contributed by atoms with E-state index in [0.717, 1.165) is 5.75 Å². The van der Waals surface area contributed by atoms with Crippen molar-refractivity contribution in [2.45, 2.75) is 32.4 Å². The van der Waals surface area contributed by atoms with Crippen molar-refractivity contribution in [3.8, 4) is 5.75 Å². The highest BCUT2D eigenvalue weighted by molar-refractivity contribution is 5.96. The Kier molecular flexibility index (Phi) is 5.82. The van der Waals surface area contributed by atoms with Gasteiger partial charge in [0, 0.05) is 25.1 Å². The van der Waals surface area contributed by atoms with Crippen LogP contribution in [-0.4, -0.2) is 31.6 Å². The van der Waals surface area contributed by atoms with Gasteiger partial charge in [0.2, 0.25) is 0 Å². The molecule has 0 aliphatic heterocycles. The van der Waals surface area contributed by atoms with Crippen molar-refractivity contribution >= 4 is 5.78 Å². The van der Waals surface area contributed by atoms with E-state index in [0.29, 0.717) is 12.2 Å². The number of carbonyl (C=O) groups is 1. The lowest BCUT2D eigenvalue weighted by molar-refractivity contribution is 0.0949. The van der Waals surface area contributed by atoms with Crippen LogP contribution in [0.25, 0.3) is 0 Å². The topological polar surface area (TPSA) is 61.5 Å². The van der Waals surface area contributed by atoms with Gasteiger partial charge in [-0.25, -0.2) is 0 Å². The van der Waals surface area contributed by atoms with Crippen LogP contribution in [0.1, 0.15) is 30.6 Å². The maximum Gasteiger partial charge on any atom is 0.164 e. The van der Waals surface area contributed by atoms with Gasteiger partial charge in [-0.2, -0.15) is 0 Å². The summed E-state index contributed by atoms with van der Waals surface area (Å²) in [5.74, 6) is 0.790. The summed E-state index contributed by atoms with van der Waals surface area (Å²) in [7, 11) is 1.57. The first-order valence-corrected chi connectivity index (χ1v) is 6.07. The fourth-order valence-electron chi connectivity index (χ4n) is 1.62. The maximum atomic E-state index is 11.9. The molecule has 0 aliphatic rings. The lowest BCUT2D eigenvalue weighted by Crippen LogP contribution is -2.28. The molecule has 0 bridgehead atoms. The van der Waals surface area contributed by atoms with Crippen molar-refractivity contribution in [1.29, 1.82) is 0 Å². The fraction of sp³-hybridized carbons (Fsp3) is 0.500. The smallest absolute Gasteiger partial charge is 0.164 e. The normalized spacial score (nSPS) is 12.5. The van der Waals surface area contributed by atoms with Crippen LogP contribution in [0.2, 0.25) is 0 Å². The molecule has 0 fully saturated rings. The average molecular weight is 251 g/mol. The van der Waals surface area contributed by atoms with Gasteiger partial charge in [-0.05, 0) is 38.1 Å². The van der Waals surface area contributed by atoms with Gasteiger partial charge in [-0.15, -0.1) is 0 Å². The maximum absolute atomic E-state index is 11.9. The highest BCUT2D eigenvalue weighted by Crippen LogP contribution is 2.15. The third kappa shape index (κ3) is 4.85. The van der Waals surface area contributed by atoms with E-state index in [1.807, 2.05) is 13.8 Å². The van der Waals surface area contributed by atoms with Crippen LogP contribution in [0.15, 0.2) is 24.3 Å². The van der Waals surface area contributed by atoms with Gasteiger partial charge in [0.25, 0.3) is 0 Å². The zero-order valence-electron chi connectivity index (χ0n) is 11.2. The Labute approximate surface area is 108 Å². The minimum Gasteiger partial charge on any atom is -0.491 e. The molecule has 18 heavy (non-hydrogen) atoms. The van der Waals surface area contributed by atoms with Crippen LogP contribution in [0.5, 0.6) is 5.75 Å². The summed E-state index contributed by atoms with van der Waals surface area (Å²) in [6.07, 6.45) is 0.416. The second kappa shape index (κ2) is 7.13. The largest absolute Gasteiger partial charge is 0.491 e. The molecular weight excluding hydrogens is 230 g/mol. The number of carbonyl (C=O) groups excluding carboxylic acids is 1. The molecule has 0 aliphatic carbocycles. The van der Waals surface area contributed by atoms with E-state index in [2.05, 4.69) is 0 Å². The predicted octanol–water partition coefficient (Wildman–Crippen LogP) is 2.02. The van der Waals surface area contributed by atoms with Gasteiger partial charge in [-0.3, -0.25) is 4.79 Å². The van der Waals surface area contributed by atoms with Crippen molar-refractivity contribution in [2.24, 2.45) is 5.73 Å². The molecule has 2 N–H and O–H groups in total. The van der Waals surface area contributed by atoms with E-state index in [9.17, 15) is 4.79 Å². The Balaban J connectivity index is 2.59. The number of nitrogens with two attached hydrogens (primary N) is 1. The fourth-order valence-corrected chi connectivity index (χ4v) is 1.62. The number of ether oxygens (including phenoxy) is 2. The Morgan fingerprint density at radius 3 is 2.39 bits per heavy atom. The molecule has 1 aromatic rings. The van der Waals surface area contributed by atoms with E-state index >= 15 is 0 Å². The van der Waals surface area contributed by atoms with Crippen LogP contribution in [0.3, 0.4) is 0 Å².